The molecule has 0 aliphatic carbocycles. The molecule has 0 aromatic heterocycles. The Labute approximate surface area is 91.3 Å². The van der Waals surface area contributed by atoms with Crippen molar-refractivity contribution in [2.24, 2.45) is 0 Å². The van der Waals surface area contributed by atoms with E-state index in [4.69, 9.17) is 0 Å². The number of carbonyl (C=O) groups excluding carboxylic acids is 1. The highest BCUT2D eigenvalue weighted by molar-refractivity contribution is 7.27. The van der Waals surface area contributed by atoms with E-state index in [-0.39, 0.29) is 5.78 Å². The summed E-state index contributed by atoms with van der Waals surface area (Å²) < 4.78 is 0. The van der Waals surface area contributed by atoms with E-state index in [0.717, 1.165) is 16.4 Å². The molecule has 0 fully saturated rings. The Morgan fingerprint density at radius 3 is 2.13 bits per heavy atom. The van der Waals surface area contributed by atoms with E-state index in [1.807, 2.05) is 54.6 Å². The molecule has 0 aliphatic heterocycles. The number of benzene rings is 2. The zero-order valence-electron chi connectivity index (χ0n) is 8.18. The van der Waals surface area contributed by atoms with Crippen LogP contribution in [0.3, 0.4) is 0 Å². The summed E-state index contributed by atoms with van der Waals surface area (Å²) in [7, 11) is 2.59. The molecule has 0 amide bonds. The maximum absolute atomic E-state index is 12.1. The van der Waals surface area contributed by atoms with Crippen LogP contribution < -0.4 is 5.30 Å². The van der Waals surface area contributed by atoms with Crippen molar-refractivity contribution in [3.63, 3.8) is 0 Å². The number of rotatable bonds is 2. The molecule has 0 saturated heterocycles. The minimum absolute atomic E-state index is 0.0706. The molecular weight excluding hydrogens is 203 g/mol. The fourth-order valence-corrected chi connectivity index (χ4v) is 1.79. The largest absolute Gasteiger partial charge is 0.289 e. The SMILES string of the molecule is O=C(c1ccccc1)c1ccccc1P. The second kappa shape index (κ2) is 4.37. The molecule has 2 rings (SSSR count). The summed E-state index contributed by atoms with van der Waals surface area (Å²) in [6.07, 6.45) is 0. The van der Waals surface area contributed by atoms with Gasteiger partial charge in [-0.15, -0.1) is 9.24 Å². The van der Waals surface area contributed by atoms with Gasteiger partial charge in [0.15, 0.2) is 5.78 Å². The molecule has 2 aromatic carbocycles. The fraction of sp³-hybridized carbons (Fsp3) is 0. The molecule has 1 unspecified atom stereocenters. The molecule has 0 bridgehead atoms. The van der Waals surface area contributed by atoms with Crippen molar-refractivity contribution in [3.8, 4) is 0 Å². The molecular formula is C13H11OP. The number of carbonyl (C=O) groups is 1. The molecule has 0 radical (unpaired) electrons. The van der Waals surface area contributed by atoms with Crippen LogP contribution in [0.4, 0.5) is 0 Å². The summed E-state index contributed by atoms with van der Waals surface area (Å²) in [5.41, 5.74) is 1.47. The summed E-state index contributed by atoms with van der Waals surface area (Å²) in [5.74, 6) is 0.0706. The topological polar surface area (TPSA) is 17.1 Å². The maximum atomic E-state index is 12.1. The molecule has 2 heteroatoms. The van der Waals surface area contributed by atoms with E-state index in [9.17, 15) is 4.79 Å². The average molecular weight is 214 g/mol. The summed E-state index contributed by atoms with van der Waals surface area (Å²) in [4.78, 5) is 12.1. The third kappa shape index (κ3) is 2.14. The molecule has 1 nitrogen and oxygen atoms in total. The van der Waals surface area contributed by atoms with Gasteiger partial charge >= 0.3 is 0 Å². The van der Waals surface area contributed by atoms with Gasteiger partial charge < -0.3 is 0 Å². The van der Waals surface area contributed by atoms with Crippen LogP contribution in [0.1, 0.15) is 15.9 Å². The first kappa shape index (κ1) is 10.1. The predicted octanol–water partition coefficient (Wildman–Crippen LogP) is 2.42. The number of hydrogen-bond donors (Lipinski definition) is 0. The van der Waals surface area contributed by atoms with Gasteiger partial charge in [-0.05, 0) is 5.30 Å². The van der Waals surface area contributed by atoms with Crippen LogP contribution in [0.5, 0.6) is 0 Å². The van der Waals surface area contributed by atoms with Crippen molar-refractivity contribution < 1.29 is 4.79 Å². The highest BCUT2D eigenvalue weighted by Gasteiger charge is 2.09. The summed E-state index contributed by atoms with van der Waals surface area (Å²) in [5, 5.41) is 0.936. The molecule has 0 heterocycles. The monoisotopic (exact) mass is 214 g/mol. The summed E-state index contributed by atoms with van der Waals surface area (Å²) in [6, 6.07) is 16.9. The first-order chi connectivity index (χ1) is 7.29. The van der Waals surface area contributed by atoms with E-state index in [1.165, 1.54) is 0 Å². The lowest BCUT2D eigenvalue weighted by Gasteiger charge is -2.03. The molecule has 0 spiro atoms. The Balaban J connectivity index is 2.42. The van der Waals surface area contributed by atoms with Crippen LogP contribution in [0.15, 0.2) is 54.6 Å². The van der Waals surface area contributed by atoms with Gasteiger partial charge in [-0.25, -0.2) is 0 Å². The Kier molecular flexibility index (Phi) is 2.94. The van der Waals surface area contributed by atoms with Crippen molar-refractivity contribution in [2.75, 3.05) is 0 Å². The van der Waals surface area contributed by atoms with Gasteiger partial charge in [0.05, 0.1) is 0 Å². The van der Waals surface area contributed by atoms with Crippen LogP contribution in [-0.2, 0) is 0 Å². The molecule has 0 saturated carbocycles. The Morgan fingerprint density at radius 1 is 0.867 bits per heavy atom. The number of ketones is 1. The van der Waals surface area contributed by atoms with E-state index in [0.29, 0.717) is 0 Å². The third-order valence-electron chi connectivity index (χ3n) is 2.24. The van der Waals surface area contributed by atoms with Crippen LogP contribution in [-0.4, -0.2) is 5.78 Å². The minimum atomic E-state index is 0.0706. The van der Waals surface area contributed by atoms with Gasteiger partial charge in [0, 0.05) is 11.1 Å². The molecule has 1 atom stereocenters. The highest BCUT2D eigenvalue weighted by atomic mass is 31.0. The van der Waals surface area contributed by atoms with Crippen molar-refractivity contribution in [2.45, 2.75) is 0 Å². The van der Waals surface area contributed by atoms with Crippen LogP contribution in [0, 0.1) is 0 Å². The zero-order valence-corrected chi connectivity index (χ0v) is 9.34. The molecule has 0 N–H and O–H groups in total. The van der Waals surface area contributed by atoms with E-state index < -0.39 is 0 Å². The lowest BCUT2D eigenvalue weighted by atomic mass is 10.0. The van der Waals surface area contributed by atoms with E-state index in [2.05, 4.69) is 9.24 Å². The zero-order chi connectivity index (χ0) is 10.7. The molecule has 2 aromatic rings. The maximum Gasteiger partial charge on any atom is 0.193 e. The normalized spacial score (nSPS) is 9.93. The molecule has 74 valence electrons. The number of hydrogen-bond acceptors (Lipinski definition) is 1. The quantitative estimate of drug-likeness (QED) is 0.554. The van der Waals surface area contributed by atoms with E-state index >= 15 is 0 Å². The van der Waals surface area contributed by atoms with E-state index in [1.54, 1.807) is 0 Å². The summed E-state index contributed by atoms with van der Waals surface area (Å²) in [6.45, 7) is 0. The summed E-state index contributed by atoms with van der Waals surface area (Å²) >= 11 is 0. The Morgan fingerprint density at radius 2 is 1.47 bits per heavy atom. The molecule has 0 aliphatic rings. The van der Waals surface area contributed by atoms with Gasteiger partial charge in [-0.1, -0.05) is 54.6 Å². The smallest absolute Gasteiger partial charge is 0.193 e. The lowest BCUT2D eigenvalue weighted by Crippen LogP contribution is -2.10. The first-order valence-electron chi connectivity index (χ1n) is 4.73. The van der Waals surface area contributed by atoms with Crippen LogP contribution >= 0.6 is 9.24 Å². The lowest BCUT2D eigenvalue weighted by molar-refractivity contribution is 0.104. The van der Waals surface area contributed by atoms with Gasteiger partial charge in [-0.3, -0.25) is 4.79 Å². The molecule has 15 heavy (non-hydrogen) atoms. The van der Waals surface area contributed by atoms with Gasteiger partial charge in [-0.2, -0.15) is 0 Å². The third-order valence-corrected chi connectivity index (χ3v) is 2.74. The highest BCUT2D eigenvalue weighted by Crippen LogP contribution is 2.09. The van der Waals surface area contributed by atoms with Crippen molar-refractivity contribution in [1.82, 2.24) is 0 Å². The Bertz CT molecular complexity index is 477. The fourth-order valence-electron chi connectivity index (χ4n) is 1.45. The van der Waals surface area contributed by atoms with Gasteiger partial charge in [0.1, 0.15) is 0 Å². The second-order valence-electron chi connectivity index (χ2n) is 3.28. The van der Waals surface area contributed by atoms with Gasteiger partial charge in [0.2, 0.25) is 0 Å². The van der Waals surface area contributed by atoms with Gasteiger partial charge in [0.25, 0.3) is 0 Å². The van der Waals surface area contributed by atoms with Crippen LogP contribution in [0.2, 0.25) is 0 Å². The second-order valence-corrected chi connectivity index (χ2v) is 3.90. The Hall–Kier alpha value is -1.46. The van der Waals surface area contributed by atoms with Crippen molar-refractivity contribution in [3.05, 3.63) is 65.7 Å². The van der Waals surface area contributed by atoms with Crippen molar-refractivity contribution >= 4 is 20.3 Å². The standard InChI is InChI=1S/C13H11OP/c14-13(10-6-2-1-3-7-10)11-8-4-5-9-12(11)15/h1-9H,15H2. The predicted molar refractivity (Wildman–Crippen MR) is 65.7 cm³/mol. The minimum Gasteiger partial charge on any atom is -0.289 e. The average Bonchev–Trinajstić information content (AvgIpc) is 2.30. The van der Waals surface area contributed by atoms with Crippen LogP contribution in [0.25, 0.3) is 0 Å². The first-order valence-corrected chi connectivity index (χ1v) is 5.31. The van der Waals surface area contributed by atoms with Crippen molar-refractivity contribution in [1.29, 1.82) is 0 Å².